The maximum atomic E-state index is 9.25. The summed E-state index contributed by atoms with van der Waals surface area (Å²) in [5, 5.41) is 19.5. The van der Waals surface area contributed by atoms with Crippen molar-refractivity contribution in [2.24, 2.45) is 0 Å². The maximum absolute atomic E-state index is 9.25. The van der Waals surface area contributed by atoms with Crippen LogP contribution in [0.4, 0.5) is 0 Å². The molecule has 4 rings (SSSR count). The van der Waals surface area contributed by atoms with E-state index in [0.717, 1.165) is 27.2 Å². The van der Waals surface area contributed by atoms with E-state index in [2.05, 4.69) is 18.2 Å². The van der Waals surface area contributed by atoms with Crippen LogP contribution in [0.15, 0.2) is 72.8 Å². The van der Waals surface area contributed by atoms with Gasteiger partial charge in [-0.2, -0.15) is 0 Å². The normalized spacial score (nSPS) is 10.9. The van der Waals surface area contributed by atoms with Crippen LogP contribution in [0.25, 0.3) is 31.9 Å². The Labute approximate surface area is 144 Å². The summed E-state index contributed by atoms with van der Waals surface area (Å²) in [5.41, 5.74) is 4.67. The molecule has 3 aromatic carbocycles. The standard InChI is InChI=1S/C19H14BNO2S/c22-20(23)14-11-9-13(10-12-14)15-5-1-2-6-16(15)19-21-17-7-3-4-8-18(17)24-19/h1-12,22-23H. The number of benzene rings is 3. The number of nitrogens with zero attached hydrogens (tertiary/aromatic N) is 1. The van der Waals surface area contributed by atoms with Crippen LogP contribution in [0.5, 0.6) is 0 Å². The van der Waals surface area contributed by atoms with Gasteiger partial charge in [0.05, 0.1) is 10.2 Å². The van der Waals surface area contributed by atoms with E-state index in [4.69, 9.17) is 4.98 Å². The highest BCUT2D eigenvalue weighted by Gasteiger charge is 2.13. The molecule has 4 aromatic rings. The van der Waals surface area contributed by atoms with E-state index in [1.54, 1.807) is 23.5 Å². The summed E-state index contributed by atoms with van der Waals surface area (Å²) >= 11 is 1.68. The van der Waals surface area contributed by atoms with E-state index in [1.165, 1.54) is 4.70 Å². The van der Waals surface area contributed by atoms with Crippen molar-refractivity contribution >= 4 is 34.1 Å². The van der Waals surface area contributed by atoms with Crippen molar-refractivity contribution in [2.75, 3.05) is 0 Å². The second kappa shape index (κ2) is 6.21. The third-order valence-corrected chi connectivity index (χ3v) is 5.04. The largest absolute Gasteiger partial charge is 0.488 e. The summed E-state index contributed by atoms with van der Waals surface area (Å²) in [7, 11) is -1.45. The van der Waals surface area contributed by atoms with E-state index in [1.807, 2.05) is 42.5 Å². The molecule has 0 unspecified atom stereocenters. The van der Waals surface area contributed by atoms with E-state index in [0.29, 0.717) is 5.46 Å². The smallest absolute Gasteiger partial charge is 0.423 e. The number of hydrogen-bond acceptors (Lipinski definition) is 4. The molecule has 0 aliphatic rings. The molecule has 0 bridgehead atoms. The molecule has 116 valence electrons. The highest BCUT2D eigenvalue weighted by molar-refractivity contribution is 7.21. The minimum absolute atomic E-state index is 0.483. The SMILES string of the molecule is OB(O)c1ccc(-c2ccccc2-c2nc3ccccc3s2)cc1. The molecule has 0 atom stereocenters. The van der Waals surface area contributed by atoms with Crippen molar-refractivity contribution in [3.05, 3.63) is 72.8 Å². The van der Waals surface area contributed by atoms with Gasteiger partial charge in [-0.05, 0) is 28.7 Å². The zero-order valence-electron chi connectivity index (χ0n) is 12.8. The molecule has 0 saturated carbocycles. The van der Waals surface area contributed by atoms with Crippen LogP contribution in [0.2, 0.25) is 0 Å². The highest BCUT2D eigenvalue weighted by atomic mass is 32.1. The molecular formula is C19H14BNO2S. The van der Waals surface area contributed by atoms with Gasteiger partial charge >= 0.3 is 7.12 Å². The Morgan fingerprint density at radius 2 is 1.42 bits per heavy atom. The summed E-state index contributed by atoms with van der Waals surface area (Å²) in [4.78, 5) is 4.75. The maximum Gasteiger partial charge on any atom is 0.488 e. The van der Waals surface area contributed by atoms with Crippen LogP contribution in [0, 0.1) is 0 Å². The van der Waals surface area contributed by atoms with Gasteiger partial charge in [-0.25, -0.2) is 4.98 Å². The van der Waals surface area contributed by atoms with E-state index >= 15 is 0 Å². The minimum Gasteiger partial charge on any atom is -0.423 e. The van der Waals surface area contributed by atoms with Gasteiger partial charge in [0, 0.05) is 5.56 Å². The lowest BCUT2D eigenvalue weighted by atomic mass is 9.79. The third-order valence-electron chi connectivity index (χ3n) is 3.97. The van der Waals surface area contributed by atoms with Gasteiger partial charge in [0.2, 0.25) is 0 Å². The van der Waals surface area contributed by atoms with Crippen molar-refractivity contribution in [3.8, 4) is 21.7 Å². The number of fused-ring (bicyclic) bond motifs is 1. The van der Waals surface area contributed by atoms with Crippen molar-refractivity contribution in [3.63, 3.8) is 0 Å². The fraction of sp³-hybridized carbons (Fsp3) is 0. The Morgan fingerprint density at radius 3 is 2.12 bits per heavy atom. The van der Waals surface area contributed by atoms with Crippen LogP contribution in [-0.2, 0) is 0 Å². The van der Waals surface area contributed by atoms with Crippen LogP contribution in [0.1, 0.15) is 0 Å². The van der Waals surface area contributed by atoms with Gasteiger partial charge in [0.25, 0.3) is 0 Å². The highest BCUT2D eigenvalue weighted by Crippen LogP contribution is 2.36. The average Bonchev–Trinajstić information content (AvgIpc) is 3.06. The lowest BCUT2D eigenvalue weighted by molar-refractivity contribution is 0.426. The van der Waals surface area contributed by atoms with Crippen LogP contribution in [-0.4, -0.2) is 22.2 Å². The monoisotopic (exact) mass is 331 g/mol. The number of thiazole rings is 1. The topological polar surface area (TPSA) is 53.4 Å². The lowest BCUT2D eigenvalue weighted by Gasteiger charge is -2.08. The van der Waals surface area contributed by atoms with E-state index in [9.17, 15) is 10.0 Å². The van der Waals surface area contributed by atoms with Gasteiger partial charge in [0.15, 0.2) is 0 Å². The van der Waals surface area contributed by atoms with Crippen molar-refractivity contribution in [1.82, 2.24) is 4.98 Å². The Hall–Kier alpha value is -2.47. The first-order valence-electron chi connectivity index (χ1n) is 7.64. The first-order chi connectivity index (χ1) is 11.7. The Bertz CT molecular complexity index is 963. The molecule has 0 saturated heterocycles. The molecule has 0 aliphatic carbocycles. The number of para-hydroxylation sites is 1. The second-order valence-corrected chi connectivity index (χ2v) is 6.56. The predicted octanol–water partition coefficient (Wildman–Crippen LogP) is 3.31. The molecular weight excluding hydrogens is 317 g/mol. The van der Waals surface area contributed by atoms with Crippen LogP contribution < -0.4 is 5.46 Å². The molecule has 2 N–H and O–H groups in total. The van der Waals surface area contributed by atoms with E-state index in [-0.39, 0.29) is 0 Å². The molecule has 24 heavy (non-hydrogen) atoms. The van der Waals surface area contributed by atoms with E-state index < -0.39 is 7.12 Å². The molecule has 0 spiro atoms. The number of rotatable bonds is 3. The minimum atomic E-state index is -1.45. The van der Waals surface area contributed by atoms with Gasteiger partial charge in [-0.15, -0.1) is 11.3 Å². The zero-order valence-corrected chi connectivity index (χ0v) is 13.6. The summed E-state index contributed by atoms with van der Waals surface area (Å²) in [6, 6.07) is 23.5. The molecule has 1 aromatic heterocycles. The van der Waals surface area contributed by atoms with Gasteiger partial charge in [-0.1, -0.05) is 60.7 Å². The zero-order chi connectivity index (χ0) is 16.5. The first-order valence-corrected chi connectivity index (χ1v) is 8.45. The Morgan fingerprint density at radius 1 is 0.750 bits per heavy atom. The van der Waals surface area contributed by atoms with Crippen molar-refractivity contribution in [2.45, 2.75) is 0 Å². The van der Waals surface area contributed by atoms with Crippen molar-refractivity contribution < 1.29 is 10.0 Å². The van der Waals surface area contributed by atoms with Crippen molar-refractivity contribution in [1.29, 1.82) is 0 Å². The van der Waals surface area contributed by atoms with Gasteiger partial charge in [0.1, 0.15) is 5.01 Å². The molecule has 0 aliphatic heterocycles. The second-order valence-electron chi connectivity index (χ2n) is 5.53. The summed E-state index contributed by atoms with van der Waals surface area (Å²) in [5.74, 6) is 0. The Kier molecular flexibility index (Phi) is 3.90. The summed E-state index contributed by atoms with van der Waals surface area (Å²) in [6.07, 6.45) is 0. The Balaban J connectivity index is 1.83. The quantitative estimate of drug-likeness (QED) is 0.566. The van der Waals surface area contributed by atoms with Gasteiger partial charge < -0.3 is 10.0 Å². The first kappa shape index (κ1) is 15.1. The number of aromatic nitrogens is 1. The fourth-order valence-electron chi connectivity index (χ4n) is 2.74. The molecule has 0 radical (unpaired) electrons. The van der Waals surface area contributed by atoms with Crippen LogP contribution in [0.3, 0.4) is 0 Å². The third kappa shape index (κ3) is 2.74. The summed E-state index contributed by atoms with van der Waals surface area (Å²) < 4.78 is 1.17. The fourth-order valence-corrected chi connectivity index (χ4v) is 3.75. The number of hydrogen-bond donors (Lipinski definition) is 2. The molecule has 5 heteroatoms. The molecule has 1 heterocycles. The molecule has 3 nitrogen and oxygen atoms in total. The average molecular weight is 331 g/mol. The molecule has 0 fully saturated rings. The van der Waals surface area contributed by atoms with Crippen LogP contribution >= 0.6 is 11.3 Å². The molecule has 0 amide bonds. The lowest BCUT2D eigenvalue weighted by Crippen LogP contribution is -2.29. The predicted molar refractivity (Wildman–Crippen MR) is 100 cm³/mol. The van der Waals surface area contributed by atoms with Gasteiger partial charge in [-0.3, -0.25) is 0 Å². The summed E-state index contributed by atoms with van der Waals surface area (Å²) in [6.45, 7) is 0.